The van der Waals surface area contributed by atoms with Crippen molar-refractivity contribution in [1.82, 2.24) is 15.1 Å². The molecule has 1 amide bonds. The summed E-state index contributed by atoms with van der Waals surface area (Å²) in [4.78, 5) is 14.5. The molecule has 4 bridgehead atoms. The summed E-state index contributed by atoms with van der Waals surface area (Å²) >= 11 is 7.17. The van der Waals surface area contributed by atoms with E-state index in [1.807, 2.05) is 18.0 Å². The van der Waals surface area contributed by atoms with Crippen LogP contribution >= 0.6 is 23.4 Å². The summed E-state index contributed by atoms with van der Waals surface area (Å²) in [6.07, 6.45) is 8.36. The van der Waals surface area contributed by atoms with E-state index in [0.29, 0.717) is 16.3 Å². The molecule has 4 saturated carbocycles. The number of hydrogen-bond donors (Lipinski definition) is 0. The van der Waals surface area contributed by atoms with Gasteiger partial charge in [-0.3, -0.25) is 4.79 Å². The minimum absolute atomic E-state index is 0.187. The van der Waals surface area contributed by atoms with Gasteiger partial charge in [0, 0.05) is 13.6 Å². The van der Waals surface area contributed by atoms with E-state index >= 15 is 0 Å². The Balaban J connectivity index is 1.33. The standard InChI is InChI=1S/C18H24ClN3OS/c1-22(17(23)10-24-16-3-2-15(19)20-21-16)11-18-7-12-4-13(8-18)6-14(5-12)9-18/h2-3,12-14H,4-11H2,1H3. The van der Waals surface area contributed by atoms with Crippen molar-refractivity contribution in [3.05, 3.63) is 17.3 Å². The molecule has 130 valence electrons. The highest BCUT2D eigenvalue weighted by atomic mass is 35.5. The molecule has 0 N–H and O–H groups in total. The molecule has 0 atom stereocenters. The molecule has 0 saturated heterocycles. The fourth-order valence-electron chi connectivity index (χ4n) is 5.70. The van der Waals surface area contributed by atoms with Crippen molar-refractivity contribution >= 4 is 29.3 Å². The van der Waals surface area contributed by atoms with Gasteiger partial charge in [-0.05, 0) is 73.8 Å². The van der Waals surface area contributed by atoms with E-state index in [2.05, 4.69) is 10.2 Å². The molecule has 4 fully saturated rings. The van der Waals surface area contributed by atoms with E-state index in [0.717, 1.165) is 29.3 Å². The maximum absolute atomic E-state index is 12.5. The third kappa shape index (κ3) is 3.43. The SMILES string of the molecule is CN(CC12CC3CC(CC(C3)C1)C2)C(=O)CSc1ccc(Cl)nn1. The van der Waals surface area contributed by atoms with Crippen molar-refractivity contribution < 1.29 is 4.79 Å². The molecule has 1 aromatic heterocycles. The Hall–Kier alpha value is -0.810. The smallest absolute Gasteiger partial charge is 0.232 e. The van der Waals surface area contributed by atoms with Crippen LogP contribution in [0.5, 0.6) is 0 Å². The number of nitrogens with zero attached hydrogens (tertiary/aromatic N) is 3. The fourth-order valence-corrected chi connectivity index (χ4v) is 6.56. The lowest BCUT2D eigenvalue weighted by Crippen LogP contribution is -2.51. The molecule has 0 aromatic carbocycles. The Bertz CT molecular complexity index is 586. The van der Waals surface area contributed by atoms with Crippen molar-refractivity contribution in [2.24, 2.45) is 23.2 Å². The van der Waals surface area contributed by atoms with Crippen molar-refractivity contribution in [3.63, 3.8) is 0 Å². The Morgan fingerprint density at radius 2 is 1.83 bits per heavy atom. The van der Waals surface area contributed by atoms with E-state index in [9.17, 15) is 4.79 Å². The second kappa shape index (κ2) is 6.49. The largest absolute Gasteiger partial charge is 0.344 e. The van der Waals surface area contributed by atoms with Crippen LogP contribution in [0.25, 0.3) is 0 Å². The van der Waals surface area contributed by atoms with Gasteiger partial charge >= 0.3 is 0 Å². The summed E-state index contributed by atoms with van der Waals surface area (Å²) < 4.78 is 0. The summed E-state index contributed by atoms with van der Waals surface area (Å²) in [6.45, 7) is 0.933. The minimum Gasteiger partial charge on any atom is -0.344 e. The first-order chi connectivity index (χ1) is 11.5. The van der Waals surface area contributed by atoms with Gasteiger partial charge in [0.05, 0.1) is 5.75 Å². The number of amides is 1. The third-order valence-electron chi connectivity index (χ3n) is 6.11. The highest BCUT2D eigenvalue weighted by Crippen LogP contribution is 2.60. The van der Waals surface area contributed by atoms with Crippen LogP contribution in [0.1, 0.15) is 38.5 Å². The zero-order valence-electron chi connectivity index (χ0n) is 14.1. The molecular formula is C18H24ClN3OS. The average molecular weight is 366 g/mol. The molecule has 4 nitrogen and oxygen atoms in total. The average Bonchev–Trinajstić information content (AvgIpc) is 2.52. The Morgan fingerprint density at radius 1 is 1.21 bits per heavy atom. The molecule has 4 aliphatic rings. The lowest BCUT2D eigenvalue weighted by molar-refractivity contribution is -0.132. The number of aromatic nitrogens is 2. The molecule has 5 rings (SSSR count). The van der Waals surface area contributed by atoms with Gasteiger partial charge in [-0.15, -0.1) is 10.2 Å². The normalized spacial score (nSPS) is 33.7. The fraction of sp³-hybridized carbons (Fsp3) is 0.722. The van der Waals surface area contributed by atoms with Gasteiger partial charge in [0.1, 0.15) is 5.03 Å². The van der Waals surface area contributed by atoms with Crippen molar-refractivity contribution in [2.75, 3.05) is 19.3 Å². The van der Waals surface area contributed by atoms with Crippen LogP contribution in [-0.2, 0) is 4.79 Å². The van der Waals surface area contributed by atoms with Gasteiger partial charge in [0.2, 0.25) is 5.91 Å². The van der Waals surface area contributed by atoms with Gasteiger partial charge in [0.25, 0.3) is 0 Å². The van der Waals surface area contributed by atoms with Gasteiger partial charge in [-0.2, -0.15) is 0 Å². The van der Waals surface area contributed by atoms with Gasteiger partial charge in [-0.1, -0.05) is 23.4 Å². The van der Waals surface area contributed by atoms with Crippen LogP contribution in [0.2, 0.25) is 5.15 Å². The first-order valence-electron chi connectivity index (χ1n) is 8.87. The van der Waals surface area contributed by atoms with Crippen LogP contribution in [0, 0.1) is 23.2 Å². The Kier molecular flexibility index (Phi) is 4.50. The highest BCUT2D eigenvalue weighted by molar-refractivity contribution is 7.99. The molecule has 0 radical (unpaired) electrons. The maximum atomic E-state index is 12.5. The number of thioether (sulfide) groups is 1. The van der Waals surface area contributed by atoms with Crippen LogP contribution in [0.3, 0.4) is 0 Å². The van der Waals surface area contributed by atoms with Crippen molar-refractivity contribution in [2.45, 2.75) is 43.6 Å². The molecule has 24 heavy (non-hydrogen) atoms. The maximum Gasteiger partial charge on any atom is 0.232 e. The van der Waals surface area contributed by atoms with Gasteiger partial charge in [-0.25, -0.2) is 0 Å². The second-order valence-corrected chi connectivity index (χ2v) is 9.53. The Morgan fingerprint density at radius 3 is 2.38 bits per heavy atom. The lowest BCUT2D eigenvalue weighted by atomic mass is 9.49. The molecule has 0 aliphatic heterocycles. The second-order valence-electron chi connectivity index (χ2n) is 8.15. The van der Waals surface area contributed by atoms with Crippen molar-refractivity contribution in [1.29, 1.82) is 0 Å². The number of rotatable bonds is 5. The summed E-state index contributed by atoms with van der Waals surface area (Å²) in [5, 5.41) is 8.94. The van der Waals surface area contributed by atoms with Crippen LogP contribution < -0.4 is 0 Å². The summed E-state index contributed by atoms with van der Waals surface area (Å²) in [5.41, 5.74) is 0.407. The summed E-state index contributed by atoms with van der Waals surface area (Å²) in [7, 11) is 1.97. The molecule has 0 unspecified atom stereocenters. The molecule has 1 aromatic rings. The topological polar surface area (TPSA) is 46.1 Å². The number of carbonyl (C=O) groups excluding carboxylic acids is 1. The monoisotopic (exact) mass is 365 g/mol. The van der Waals surface area contributed by atoms with E-state index in [1.165, 1.54) is 50.3 Å². The summed E-state index contributed by atoms with van der Waals surface area (Å²) in [5.74, 6) is 3.39. The van der Waals surface area contributed by atoms with E-state index in [-0.39, 0.29) is 5.91 Å². The number of carbonyl (C=O) groups is 1. The predicted molar refractivity (Wildman–Crippen MR) is 96.0 cm³/mol. The number of halogens is 1. The van der Waals surface area contributed by atoms with E-state index in [4.69, 9.17) is 11.6 Å². The molecule has 6 heteroatoms. The summed E-state index contributed by atoms with van der Waals surface area (Å²) in [6, 6.07) is 3.52. The number of hydrogen-bond acceptors (Lipinski definition) is 4. The van der Waals surface area contributed by atoms with E-state index in [1.54, 1.807) is 6.07 Å². The van der Waals surface area contributed by atoms with Gasteiger partial charge < -0.3 is 4.90 Å². The third-order valence-corrected chi connectivity index (χ3v) is 7.22. The molecule has 0 spiro atoms. The van der Waals surface area contributed by atoms with Crippen LogP contribution in [-0.4, -0.2) is 40.3 Å². The van der Waals surface area contributed by atoms with Crippen molar-refractivity contribution in [3.8, 4) is 0 Å². The zero-order chi connectivity index (χ0) is 16.7. The van der Waals surface area contributed by atoms with E-state index < -0.39 is 0 Å². The Labute approximate surface area is 152 Å². The first kappa shape index (κ1) is 16.6. The predicted octanol–water partition coefficient (Wildman–Crippen LogP) is 3.90. The zero-order valence-corrected chi connectivity index (χ0v) is 15.7. The molecule has 4 aliphatic carbocycles. The quantitative estimate of drug-likeness (QED) is 0.742. The molecule has 1 heterocycles. The van der Waals surface area contributed by atoms with Crippen LogP contribution in [0.15, 0.2) is 17.2 Å². The van der Waals surface area contributed by atoms with Gasteiger partial charge in [0.15, 0.2) is 5.15 Å². The minimum atomic E-state index is 0.187. The van der Waals surface area contributed by atoms with Crippen LogP contribution in [0.4, 0.5) is 0 Å². The lowest BCUT2D eigenvalue weighted by Gasteiger charge is -2.57. The molecular weight excluding hydrogens is 342 g/mol. The first-order valence-corrected chi connectivity index (χ1v) is 10.2. The highest BCUT2D eigenvalue weighted by Gasteiger charge is 2.51.